The predicted octanol–water partition coefficient (Wildman–Crippen LogP) is 4.46. The normalized spacial score (nSPS) is 14.8. The molecule has 1 rings (SSSR count). The van der Waals surface area contributed by atoms with Gasteiger partial charge in [0.2, 0.25) is 0 Å². The molecule has 1 aromatic rings. The molecule has 0 saturated carbocycles. The van der Waals surface area contributed by atoms with Gasteiger partial charge in [-0.1, -0.05) is 33.1 Å². The van der Waals surface area contributed by atoms with Gasteiger partial charge in [-0.2, -0.15) is 0 Å². The van der Waals surface area contributed by atoms with E-state index in [4.69, 9.17) is 0 Å². The van der Waals surface area contributed by atoms with Crippen molar-refractivity contribution in [3.8, 4) is 0 Å². The van der Waals surface area contributed by atoms with Crippen molar-refractivity contribution in [2.45, 2.75) is 71.9 Å². The second-order valence-electron chi connectivity index (χ2n) is 4.81. The van der Waals surface area contributed by atoms with E-state index in [2.05, 4.69) is 43.4 Å². The zero-order valence-electron chi connectivity index (χ0n) is 11.6. The van der Waals surface area contributed by atoms with Gasteiger partial charge in [-0.15, -0.1) is 11.3 Å². The van der Waals surface area contributed by atoms with Gasteiger partial charge in [0.1, 0.15) is 0 Å². The summed E-state index contributed by atoms with van der Waals surface area (Å²) < 4.78 is 0. The first-order valence-corrected chi connectivity index (χ1v) is 7.73. The summed E-state index contributed by atoms with van der Waals surface area (Å²) >= 11 is 1.74. The Kier molecular flexibility index (Phi) is 6.75. The van der Waals surface area contributed by atoms with Crippen molar-refractivity contribution in [3.05, 3.63) is 16.1 Å². The minimum absolute atomic E-state index is 0.383. The van der Waals surface area contributed by atoms with E-state index in [1.54, 1.807) is 11.3 Å². The van der Waals surface area contributed by atoms with Gasteiger partial charge in [0.05, 0.1) is 10.7 Å². The highest BCUT2D eigenvalue weighted by atomic mass is 32.1. The number of thiazole rings is 1. The van der Waals surface area contributed by atoms with Gasteiger partial charge >= 0.3 is 0 Å². The molecule has 0 bridgehead atoms. The number of hydrogen-bond acceptors (Lipinski definition) is 3. The molecule has 2 unspecified atom stereocenters. The van der Waals surface area contributed by atoms with Crippen LogP contribution >= 0.6 is 11.3 Å². The van der Waals surface area contributed by atoms with Crippen LogP contribution in [0.15, 0.2) is 5.38 Å². The van der Waals surface area contributed by atoms with E-state index >= 15 is 0 Å². The van der Waals surface area contributed by atoms with Crippen molar-refractivity contribution >= 4 is 11.3 Å². The molecule has 0 saturated heterocycles. The highest BCUT2D eigenvalue weighted by Crippen LogP contribution is 2.18. The van der Waals surface area contributed by atoms with E-state index in [-0.39, 0.29) is 0 Å². The Bertz CT molecular complexity index is 309. The first kappa shape index (κ1) is 14.7. The predicted molar refractivity (Wildman–Crippen MR) is 76.6 cm³/mol. The molecule has 0 aliphatic heterocycles. The van der Waals surface area contributed by atoms with Crippen LogP contribution < -0.4 is 5.32 Å². The van der Waals surface area contributed by atoms with Crippen LogP contribution in [0.1, 0.15) is 69.6 Å². The van der Waals surface area contributed by atoms with E-state index in [1.165, 1.54) is 37.8 Å². The molecule has 0 fully saturated rings. The van der Waals surface area contributed by atoms with Crippen LogP contribution in [0.25, 0.3) is 0 Å². The van der Waals surface area contributed by atoms with Gasteiger partial charge in [0.25, 0.3) is 0 Å². The maximum absolute atomic E-state index is 4.56. The van der Waals surface area contributed by atoms with Gasteiger partial charge in [-0.25, -0.2) is 4.98 Å². The summed E-state index contributed by atoms with van der Waals surface area (Å²) in [6, 6.07) is 1.03. The van der Waals surface area contributed by atoms with E-state index in [0.717, 1.165) is 5.01 Å². The maximum Gasteiger partial charge on any atom is 0.0898 e. The smallest absolute Gasteiger partial charge is 0.0898 e. The third-order valence-corrected chi connectivity index (χ3v) is 3.90. The SMILES string of the molecule is CCCCC(CCC)NC(C)c1csc(C)n1. The molecule has 2 nitrogen and oxygen atoms in total. The molecule has 1 N–H and O–H groups in total. The quantitative estimate of drug-likeness (QED) is 0.741. The van der Waals surface area contributed by atoms with Crippen LogP contribution in [-0.4, -0.2) is 11.0 Å². The van der Waals surface area contributed by atoms with Gasteiger partial charge in [-0.05, 0) is 26.7 Å². The average molecular weight is 254 g/mol. The second kappa shape index (κ2) is 7.83. The van der Waals surface area contributed by atoms with Crippen LogP contribution in [0.5, 0.6) is 0 Å². The minimum Gasteiger partial charge on any atom is -0.306 e. The molecule has 0 radical (unpaired) electrons. The Morgan fingerprint density at radius 1 is 1.29 bits per heavy atom. The Balaban J connectivity index is 2.47. The Morgan fingerprint density at radius 2 is 2.06 bits per heavy atom. The molecule has 1 heterocycles. The van der Waals surface area contributed by atoms with Crippen LogP contribution in [0.3, 0.4) is 0 Å². The van der Waals surface area contributed by atoms with Crippen molar-refractivity contribution in [3.63, 3.8) is 0 Å². The fourth-order valence-electron chi connectivity index (χ4n) is 2.13. The van der Waals surface area contributed by atoms with Crippen molar-refractivity contribution in [1.82, 2.24) is 10.3 Å². The third kappa shape index (κ3) is 5.17. The maximum atomic E-state index is 4.56. The zero-order chi connectivity index (χ0) is 12.7. The fourth-order valence-corrected chi connectivity index (χ4v) is 2.83. The average Bonchev–Trinajstić information content (AvgIpc) is 2.73. The summed E-state index contributed by atoms with van der Waals surface area (Å²) in [5.74, 6) is 0. The summed E-state index contributed by atoms with van der Waals surface area (Å²) in [4.78, 5) is 4.56. The molecule has 0 amide bonds. The van der Waals surface area contributed by atoms with Gasteiger partial charge < -0.3 is 5.32 Å². The highest BCUT2D eigenvalue weighted by Gasteiger charge is 2.14. The van der Waals surface area contributed by atoms with Crippen molar-refractivity contribution < 1.29 is 0 Å². The van der Waals surface area contributed by atoms with Gasteiger partial charge in [0, 0.05) is 17.5 Å². The number of unbranched alkanes of at least 4 members (excludes halogenated alkanes) is 1. The lowest BCUT2D eigenvalue weighted by Gasteiger charge is -2.22. The standard InChI is InChI=1S/C14H26N2S/c1-5-7-9-13(8-6-2)15-11(3)14-10-17-12(4)16-14/h10-11,13,15H,5-9H2,1-4H3. The molecule has 1 aromatic heterocycles. The second-order valence-corrected chi connectivity index (χ2v) is 5.87. The fraction of sp³-hybridized carbons (Fsp3) is 0.786. The lowest BCUT2D eigenvalue weighted by Crippen LogP contribution is -2.31. The zero-order valence-corrected chi connectivity index (χ0v) is 12.4. The monoisotopic (exact) mass is 254 g/mol. The van der Waals surface area contributed by atoms with Crippen molar-refractivity contribution in [1.29, 1.82) is 0 Å². The van der Waals surface area contributed by atoms with Gasteiger partial charge in [-0.3, -0.25) is 0 Å². The van der Waals surface area contributed by atoms with Crippen LogP contribution in [0, 0.1) is 6.92 Å². The molecular formula is C14H26N2S. The number of hydrogen-bond donors (Lipinski definition) is 1. The molecule has 2 atom stereocenters. The number of nitrogens with zero attached hydrogens (tertiary/aromatic N) is 1. The Labute approximate surface area is 110 Å². The molecule has 3 heteroatoms. The van der Waals surface area contributed by atoms with E-state index in [9.17, 15) is 0 Å². The summed E-state index contributed by atoms with van der Waals surface area (Å²) in [7, 11) is 0. The molecule has 0 aromatic carbocycles. The molecular weight excluding hydrogens is 228 g/mol. The Hall–Kier alpha value is -0.410. The summed E-state index contributed by atoms with van der Waals surface area (Å²) in [6.07, 6.45) is 6.42. The van der Waals surface area contributed by atoms with E-state index in [1.807, 2.05) is 0 Å². The van der Waals surface area contributed by atoms with Crippen molar-refractivity contribution in [2.24, 2.45) is 0 Å². The number of aryl methyl sites for hydroxylation is 1. The van der Waals surface area contributed by atoms with E-state index < -0.39 is 0 Å². The largest absolute Gasteiger partial charge is 0.306 e. The summed E-state index contributed by atoms with van der Waals surface area (Å²) in [6.45, 7) is 8.82. The van der Waals surface area contributed by atoms with E-state index in [0.29, 0.717) is 12.1 Å². The first-order valence-electron chi connectivity index (χ1n) is 6.85. The van der Waals surface area contributed by atoms with Crippen LogP contribution in [-0.2, 0) is 0 Å². The lowest BCUT2D eigenvalue weighted by molar-refractivity contribution is 0.393. The molecule has 17 heavy (non-hydrogen) atoms. The number of aromatic nitrogens is 1. The number of rotatable bonds is 8. The van der Waals surface area contributed by atoms with Gasteiger partial charge in [0.15, 0.2) is 0 Å². The minimum atomic E-state index is 0.383. The molecule has 0 aliphatic carbocycles. The molecule has 0 aliphatic rings. The number of nitrogens with one attached hydrogen (secondary N) is 1. The lowest BCUT2D eigenvalue weighted by atomic mass is 10.0. The van der Waals surface area contributed by atoms with Crippen molar-refractivity contribution in [2.75, 3.05) is 0 Å². The molecule has 0 spiro atoms. The third-order valence-electron chi connectivity index (χ3n) is 3.11. The summed E-state index contributed by atoms with van der Waals surface area (Å²) in [5.41, 5.74) is 1.20. The molecule has 98 valence electrons. The Morgan fingerprint density at radius 3 is 2.59 bits per heavy atom. The van der Waals surface area contributed by atoms with Crippen LogP contribution in [0.2, 0.25) is 0 Å². The summed E-state index contributed by atoms with van der Waals surface area (Å²) in [5, 5.41) is 7.06. The topological polar surface area (TPSA) is 24.9 Å². The highest BCUT2D eigenvalue weighted by molar-refractivity contribution is 7.09. The first-order chi connectivity index (χ1) is 8.17. The van der Waals surface area contributed by atoms with Crippen LogP contribution in [0.4, 0.5) is 0 Å².